The third-order valence-corrected chi connectivity index (χ3v) is 6.36. The molecule has 1 saturated heterocycles. The summed E-state index contributed by atoms with van der Waals surface area (Å²) in [6.45, 7) is 3.69. The lowest BCUT2D eigenvalue weighted by Gasteiger charge is -2.43. The molecule has 0 radical (unpaired) electrons. The highest BCUT2D eigenvalue weighted by Gasteiger charge is 2.35. The average Bonchev–Trinajstić information content (AvgIpc) is 3.09. The molecule has 1 fully saturated rings. The van der Waals surface area contributed by atoms with Crippen molar-refractivity contribution in [3.63, 3.8) is 0 Å². The molecule has 5 rings (SSSR count). The van der Waals surface area contributed by atoms with Crippen LogP contribution in [0.2, 0.25) is 0 Å². The molecule has 112 valence electrons. The second-order valence-corrected chi connectivity index (χ2v) is 7.55. The van der Waals surface area contributed by atoms with Crippen LogP contribution in [-0.4, -0.2) is 24.5 Å². The topological polar surface area (TPSA) is 6.48 Å². The molecule has 2 aromatic rings. The molecule has 1 unspecified atom stereocenters. The number of para-hydroxylation sites is 2. The van der Waals surface area contributed by atoms with Gasteiger partial charge in [-0.05, 0) is 56.1 Å². The van der Waals surface area contributed by atoms with Crippen LogP contribution < -0.4 is 4.90 Å². The molecule has 0 amide bonds. The van der Waals surface area contributed by atoms with E-state index in [0.717, 1.165) is 6.54 Å². The molecule has 2 nitrogen and oxygen atoms in total. The van der Waals surface area contributed by atoms with Crippen LogP contribution in [0, 0.1) is 0 Å². The first kappa shape index (κ1) is 13.0. The van der Waals surface area contributed by atoms with Gasteiger partial charge in [0.1, 0.15) is 0 Å². The molecule has 0 aromatic heterocycles. The standard InChI is InChI=1S/C19H20N2S/c1-2-8-17-16(7-1)21-13-10-15(20-11-3-4-12-20)14-6-5-9-18(22-17)19(14)21/h1-2,5-9,15H,3-4,10-13H2. The lowest BCUT2D eigenvalue weighted by atomic mass is 9.94. The molecule has 3 heterocycles. The first-order valence-electron chi connectivity index (χ1n) is 8.33. The van der Waals surface area contributed by atoms with E-state index in [1.807, 2.05) is 11.8 Å². The Morgan fingerprint density at radius 3 is 2.59 bits per heavy atom. The van der Waals surface area contributed by atoms with Gasteiger partial charge in [-0.25, -0.2) is 0 Å². The molecule has 22 heavy (non-hydrogen) atoms. The van der Waals surface area contributed by atoms with Gasteiger partial charge < -0.3 is 4.90 Å². The molecule has 1 atom stereocenters. The number of hydrogen-bond donors (Lipinski definition) is 0. The van der Waals surface area contributed by atoms with Crippen LogP contribution in [0.5, 0.6) is 0 Å². The largest absolute Gasteiger partial charge is 0.339 e. The minimum Gasteiger partial charge on any atom is -0.339 e. The van der Waals surface area contributed by atoms with Crippen molar-refractivity contribution in [2.24, 2.45) is 0 Å². The fraction of sp³-hybridized carbons (Fsp3) is 0.368. The van der Waals surface area contributed by atoms with Crippen molar-refractivity contribution >= 4 is 23.1 Å². The summed E-state index contributed by atoms with van der Waals surface area (Å²) in [5, 5.41) is 0. The third kappa shape index (κ3) is 1.85. The summed E-state index contributed by atoms with van der Waals surface area (Å²) in [6, 6.07) is 16.4. The van der Waals surface area contributed by atoms with Crippen molar-refractivity contribution in [2.45, 2.75) is 35.1 Å². The maximum atomic E-state index is 2.71. The second-order valence-electron chi connectivity index (χ2n) is 6.46. The zero-order chi connectivity index (χ0) is 14.5. The van der Waals surface area contributed by atoms with E-state index in [9.17, 15) is 0 Å². The van der Waals surface area contributed by atoms with Crippen LogP contribution in [0.25, 0.3) is 0 Å². The molecule has 2 aromatic carbocycles. The molecule has 3 aliphatic rings. The molecule has 3 heteroatoms. The third-order valence-electron chi connectivity index (χ3n) is 5.24. The molecular weight excluding hydrogens is 288 g/mol. The predicted octanol–water partition coefficient (Wildman–Crippen LogP) is 4.83. The van der Waals surface area contributed by atoms with Gasteiger partial charge in [0.05, 0.1) is 11.4 Å². The number of fused-ring (bicyclic) bond motifs is 2. The van der Waals surface area contributed by atoms with Gasteiger partial charge in [-0.2, -0.15) is 0 Å². The van der Waals surface area contributed by atoms with Crippen molar-refractivity contribution in [3.05, 3.63) is 48.0 Å². The van der Waals surface area contributed by atoms with Crippen molar-refractivity contribution in [3.8, 4) is 0 Å². The molecule has 0 saturated carbocycles. The summed E-state index contributed by atoms with van der Waals surface area (Å²) < 4.78 is 0. The minimum absolute atomic E-state index is 0.625. The summed E-state index contributed by atoms with van der Waals surface area (Å²) in [5.74, 6) is 0. The Hall–Kier alpha value is -1.45. The molecule has 0 spiro atoms. The summed E-state index contributed by atoms with van der Waals surface area (Å²) in [7, 11) is 0. The highest BCUT2D eigenvalue weighted by Crippen LogP contribution is 2.53. The van der Waals surface area contributed by atoms with Gasteiger partial charge in [-0.1, -0.05) is 36.0 Å². The first-order chi connectivity index (χ1) is 10.9. The summed E-state index contributed by atoms with van der Waals surface area (Å²) in [4.78, 5) is 8.09. The maximum Gasteiger partial charge on any atom is 0.0601 e. The molecule has 0 N–H and O–H groups in total. The van der Waals surface area contributed by atoms with Crippen molar-refractivity contribution in [2.75, 3.05) is 24.5 Å². The quantitative estimate of drug-likeness (QED) is 0.745. The van der Waals surface area contributed by atoms with Gasteiger partial charge in [-0.15, -0.1) is 0 Å². The van der Waals surface area contributed by atoms with Crippen LogP contribution in [-0.2, 0) is 0 Å². The Labute approximate surface area is 136 Å². The van der Waals surface area contributed by atoms with Crippen LogP contribution in [0.15, 0.2) is 52.3 Å². The molecule has 0 aliphatic carbocycles. The molecule has 3 aliphatic heterocycles. The SMILES string of the molecule is c1ccc2c(c1)Sc1cccc3c1N2CCC3N1CCCC1. The lowest BCUT2D eigenvalue weighted by Crippen LogP contribution is -2.36. The monoisotopic (exact) mass is 308 g/mol. The van der Waals surface area contributed by atoms with E-state index in [2.05, 4.69) is 52.3 Å². The van der Waals surface area contributed by atoms with Crippen LogP contribution >= 0.6 is 11.8 Å². The Balaban J connectivity index is 1.64. The van der Waals surface area contributed by atoms with E-state index >= 15 is 0 Å². The number of nitrogens with zero attached hydrogens (tertiary/aromatic N) is 2. The van der Waals surface area contributed by atoms with E-state index in [1.165, 1.54) is 53.5 Å². The Bertz CT molecular complexity index is 721. The summed E-state index contributed by atoms with van der Waals surface area (Å²) in [5.41, 5.74) is 4.43. The average molecular weight is 308 g/mol. The smallest absolute Gasteiger partial charge is 0.0601 e. The van der Waals surface area contributed by atoms with Crippen molar-refractivity contribution in [1.82, 2.24) is 4.90 Å². The van der Waals surface area contributed by atoms with Crippen molar-refractivity contribution in [1.29, 1.82) is 0 Å². The number of anilines is 2. The van der Waals surface area contributed by atoms with Gasteiger partial charge in [-0.3, -0.25) is 4.90 Å². The fourth-order valence-electron chi connectivity index (χ4n) is 4.26. The van der Waals surface area contributed by atoms with Crippen LogP contribution in [0.3, 0.4) is 0 Å². The van der Waals surface area contributed by atoms with Gasteiger partial charge in [0.2, 0.25) is 0 Å². The van der Waals surface area contributed by atoms with E-state index < -0.39 is 0 Å². The van der Waals surface area contributed by atoms with Gasteiger partial charge in [0.25, 0.3) is 0 Å². The van der Waals surface area contributed by atoms with Crippen LogP contribution in [0.1, 0.15) is 30.9 Å². The predicted molar refractivity (Wildman–Crippen MR) is 92.2 cm³/mol. The van der Waals surface area contributed by atoms with Gasteiger partial charge in [0, 0.05) is 22.4 Å². The van der Waals surface area contributed by atoms with E-state index in [1.54, 1.807) is 5.56 Å². The second kappa shape index (κ2) is 5.04. The van der Waals surface area contributed by atoms with Crippen molar-refractivity contribution < 1.29 is 0 Å². The fourth-order valence-corrected chi connectivity index (χ4v) is 5.39. The van der Waals surface area contributed by atoms with E-state index in [0.29, 0.717) is 6.04 Å². The van der Waals surface area contributed by atoms with E-state index in [4.69, 9.17) is 0 Å². The number of hydrogen-bond acceptors (Lipinski definition) is 3. The first-order valence-corrected chi connectivity index (χ1v) is 9.15. The normalized spacial score (nSPS) is 23.3. The van der Waals surface area contributed by atoms with Gasteiger partial charge in [0.15, 0.2) is 0 Å². The Morgan fingerprint density at radius 2 is 1.68 bits per heavy atom. The zero-order valence-corrected chi connectivity index (χ0v) is 13.5. The minimum atomic E-state index is 0.625. The summed E-state index contributed by atoms with van der Waals surface area (Å²) in [6.07, 6.45) is 3.98. The molecular formula is C19H20N2S. The Kier molecular flexibility index (Phi) is 2.98. The number of likely N-dealkylation sites (tertiary alicyclic amines) is 1. The number of rotatable bonds is 1. The lowest BCUT2D eigenvalue weighted by molar-refractivity contribution is 0.230. The highest BCUT2D eigenvalue weighted by atomic mass is 32.2. The summed E-state index contributed by atoms with van der Waals surface area (Å²) >= 11 is 1.93. The van der Waals surface area contributed by atoms with Gasteiger partial charge >= 0.3 is 0 Å². The molecule has 0 bridgehead atoms. The zero-order valence-electron chi connectivity index (χ0n) is 12.7. The number of benzene rings is 2. The van der Waals surface area contributed by atoms with E-state index in [-0.39, 0.29) is 0 Å². The van der Waals surface area contributed by atoms with Crippen LogP contribution in [0.4, 0.5) is 11.4 Å². The highest BCUT2D eigenvalue weighted by molar-refractivity contribution is 7.99. The maximum absolute atomic E-state index is 2.71. The Morgan fingerprint density at radius 1 is 0.864 bits per heavy atom.